The van der Waals surface area contributed by atoms with Gasteiger partial charge < -0.3 is 29.6 Å². The van der Waals surface area contributed by atoms with Gasteiger partial charge in [0.15, 0.2) is 23.8 Å². The standard InChI is InChI=1S/C22H30BrNO6.C22H31NO6.CH4/c1-13(2)10-17(22(28)29-5)12-20(27)21(30-15(4)26)19(24-14(3)25)11-16-6-8-18(23)9-7-16;1-14(2)11-18(22(27)28-5)13-20(26)21(29-16(4)25)19(23-15(3)24)12-17-9-7-6-8-10-17;/h6-9,13,17,19,21H,10-12H2,1-5H3,(H,24,25);6-10,14,18-19,21H,11-13H2,1-5H3,(H,23,24);1H4/t17-,19-,21+;18-,19-,21+;/m11./s1. The van der Waals surface area contributed by atoms with Gasteiger partial charge in [-0.15, -0.1) is 0 Å². The Bertz CT molecular complexity index is 1700. The molecule has 0 unspecified atom stereocenters. The predicted octanol–water partition coefficient (Wildman–Crippen LogP) is 6.32. The Morgan fingerprint density at radius 3 is 1.22 bits per heavy atom. The monoisotopic (exact) mass is 904 g/mol. The number of nitrogens with one attached hydrogen (secondary N) is 2. The summed E-state index contributed by atoms with van der Waals surface area (Å²) in [6.07, 6.45) is -1.17. The van der Waals surface area contributed by atoms with Crippen molar-refractivity contribution < 1.29 is 57.3 Å². The molecule has 2 N–H and O–H groups in total. The van der Waals surface area contributed by atoms with E-state index >= 15 is 0 Å². The third-order valence-electron chi connectivity index (χ3n) is 8.87. The fourth-order valence-electron chi connectivity index (χ4n) is 6.55. The van der Waals surface area contributed by atoms with Gasteiger partial charge in [-0.3, -0.25) is 38.4 Å². The fraction of sp³-hybridized carbons (Fsp3) is 0.556. The maximum atomic E-state index is 13.1. The topological polar surface area (TPSA) is 198 Å². The van der Waals surface area contributed by atoms with Gasteiger partial charge in [0.25, 0.3) is 0 Å². The van der Waals surface area contributed by atoms with Gasteiger partial charge in [-0.25, -0.2) is 0 Å². The molecule has 0 radical (unpaired) electrons. The lowest BCUT2D eigenvalue weighted by atomic mass is 9.88. The summed E-state index contributed by atoms with van der Waals surface area (Å²) in [6.45, 7) is 12.9. The van der Waals surface area contributed by atoms with E-state index in [0.29, 0.717) is 19.3 Å². The maximum Gasteiger partial charge on any atom is 0.309 e. The average Bonchev–Trinajstić information content (AvgIpc) is 3.14. The van der Waals surface area contributed by atoms with Crippen LogP contribution in [0.15, 0.2) is 59.1 Å². The summed E-state index contributed by atoms with van der Waals surface area (Å²) in [5.41, 5.74) is 1.73. The number of carbonyl (C=O) groups excluding carboxylic acids is 8. The van der Waals surface area contributed by atoms with Crippen LogP contribution >= 0.6 is 15.9 Å². The second-order valence-corrected chi connectivity index (χ2v) is 16.2. The number of hydrogen-bond acceptors (Lipinski definition) is 12. The first-order chi connectivity index (χ1) is 27.7. The Kier molecular flexibility index (Phi) is 26.2. The molecule has 6 atom stereocenters. The molecule has 60 heavy (non-hydrogen) atoms. The number of Topliss-reactive ketones (excluding diaryl/α,β-unsaturated/α-hetero) is 2. The highest BCUT2D eigenvalue weighted by Crippen LogP contribution is 2.23. The molecular formula is C45H65BrN2O12. The zero-order chi connectivity index (χ0) is 44.8. The van der Waals surface area contributed by atoms with Crippen molar-refractivity contribution in [3.8, 4) is 0 Å². The van der Waals surface area contributed by atoms with Crippen molar-refractivity contribution in [2.24, 2.45) is 23.7 Å². The van der Waals surface area contributed by atoms with Gasteiger partial charge in [0, 0.05) is 45.0 Å². The Labute approximate surface area is 363 Å². The first kappa shape index (κ1) is 55.1. The molecule has 2 aromatic rings. The third kappa shape index (κ3) is 21.9. The second kappa shape index (κ2) is 28.5. The van der Waals surface area contributed by atoms with E-state index in [1.165, 1.54) is 41.9 Å². The van der Waals surface area contributed by atoms with Gasteiger partial charge in [0.2, 0.25) is 11.8 Å². The van der Waals surface area contributed by atoms with Crippen molar-refractivity contribution in [3.05, 3.63) is 70.2 Å². The number of benzene rings is 2. The molecule has 14 nitrogen and oxygen atoms in total. The summed E-state index contributed by atoms with van der Waals surface area (Å²) in [5.74, 6) is -4.73. The van der Waals surface area contributed by atoms with Gasteiger partial charge in [-0.2, -0.15) is 0 Å². The summed E-state index contributed by atoms with van der Waals surface area (Å²) in [6, 6.07) is 15.2. The van der Waals surface area contributed by atoms with Crippen LogP contribution in [0.4, 0.5) is 0 Å². The second-order valence-electron chi connectivity index (χ2n) is 15.2. The first-order valence-corrected chi connectivity index (χ1v) is 20.3. The van der Waals surface area contributed by atoms with Crippen molar-refractivity contribution in [1.82, 2.24) is 10.6 Å². The highest BCUT2D eigenvalue weighted by atomic mass is 79.9. The van der Waals surface area contributed by atoms with Crippen LogP contribution in [0.3, 0.4) is 0 Å². The minimum Gasteiger partial charge on any atom is -0.469 e. The van der Waals surface area contributed by atoms with Gasteiger partial charge in [-0.1, -0.05) is 93.5 Å². The molecule has 2 aromatic carbocycles. The highest BCUT2D eigenvalue weighted by Gasteiger charge is 2.37. The molecule has 2 amide bonds. The van der Waals surface area contributed by atoms with Crippen LogP contribution in [0.5, 0.6) is 0 Å². The molecule has 0 heterocycles. The van der Waals surface area contributed by atoms with E-state index in [0.717, 1.165) is 15.6 Å². The van der Waals surface area contributed by atoms with Crippen LogP contribution in [-0.4, -0.2) is 85.8 Å². The van der Waals surface area contributed by atoms with E-state index in [2.05, 4.69) is 26.6 Å². The summed E-state index contributed by atoms with van der Waals surface area (Å²) < 4.78 is 21.2. The van der Waals surface area contributed by atoms with Gasteiger partial charge in [0.1, 0.15) is 0 Å². The largest absolute Gasteiger partial charge is 0.469 e. The molecule has 0 aliphatic carbocycles. The zero-order valence-corrected chi connectivity index (χ0v) is 37.4. The minimum atomic E-state index is -1.21. The number of ether oxygens (including phenoxy) is 4. The Morgan fingerprint density at radius 2 is 0.917 bits per heavy atom. The smallest absolute Gasteiger partial charge is 0.309 e. The summed E-state index contributed by atoms with van der Waals surface area (Å²) >= 11 is 3.37. The van der Waals surface area contributed by atoms with E-state index in [9.17, 15) is 38.4 Å². The molecule has 0 spiro atoms. The summed E-state index contributed by atoms with van der Waals surface area (Å²) in [4.78, 5) is 97.4. The number of amides is 2. The molecule has 0 saturated heterocycles. The van der Waals surface area contributed by atoms with E-state index in [1.807, 2.05) is 82.3 Å². The molecule has 2 rings (SSSR count). The number of methoxy groups -OCH3 is 2. The number of ketones is 2. The molecule has 15 heteroatoms. The van der Waals surface area contributed by atoms with Gasteiger partial charge in [0.05, 0.1) is 38.1 Å². The van der Waals surface area contributed by atoms with Gasteiger partial charge >= 0.3 is 23.9 Å². The number of rotatable bonds is 22. The number of esters is 4. The van der Waals surface area contributed by atoms with Crippen LogP contribution in [0.1, 0.15) is 99.6 Å². The van der Waals surface area contributed by atoms with Crippen LogP contribution in [0.2, 0.25) is 0 Å². The van der Waals surface area contributed by atoms with Crippen molar-refractivity contribution >= 4 is 63.2 Å². The molecule has 0 bridgehead atoms. The molecule has 0 saturated carbocycles. The number of hydrogen-bond donors (Lipinski definition) is 2. The van der Waals surface area contributed by atoms with Crippen LogP contribution in [0.25, 0.3) is 0 Å². The SMILES string of the molecule is C.COC(=O)[C@@H](CC(=O)[C@@H](OC(C)=O)[C@@H](Cc1ccc(Br)cc1)NC(C)=O)CC(C)C.COC(=O)[C@@H](CC(=O)[C@@H](OC(C)=O)[C@@H](Cc1ccccc1)NC(C)=O)CC(C)C. The quantitative estimate of drug-likeness (QED) is 0.0987. The predicted molar refractivity (Wildman–Crippen MR) is 230 cm³/mol. The van der Waals surface area contributed by atoms with Crippen LogP contribution < -0.4 is 10.6 Å². The molecule has 0 aliphatic heterocycles. The average molecular weight is 906 g/mol. The van der Waals surface area contributed by atoms with Crippen LogP contribution in [-0.2, 0) is 70.1 Å². The van der Waals surface area contributed by atoms with E-state index in [4.69, 9.17) is 18.9 Å². The highest BCUT2D eigenvalue weighted by molar-refractivity contribution is 9.10. The number of carbonyl (C=O) groups is 8. The molecule has 0 aromatic heterocycles. The molecule has 0 fully saturated rings. The molecular weight excluding hydrogens is 840 g/mol. The van der Waals surface area contributed by atoms with Crippen LogP contribution in [0, 0.1) is 23.7 Å². The third-order valence-corrected chi connectivity index (χ3v) is 9.40. The fourth-order valence-corrected chi connectivity index (χ4v) is 6.81. The van der Waals surface area contributed by atoms with E-state index < -0.39 is 71.6 Å². The minimum absolute atomic E-state index is 0. The van der Waals surface area contributed by atoms with Crippen molar-refractivity contribution in [2.45, 2.75) is 126 Å². The first-order valence-electron chi connectivity index (χ1n) is 19.5. The van der Waals surface area contributed by atoms with E-state index in [-0.39, 0.29) is 50.3 Å². The summed E-state index contributed by atoms with van der Waals surface area (Å²) in [7, 11) is 2.55. The van der Waals surface area contributed by atoms with Crippen molar-refractivity contribution in [3.63, 3.8) is 0 Å². The normalized spacial score (nSPS) is 13.6. The lowest BCUT2D eigenvalue weighted by Crippen LogP contribution is -2.50. The van der Waals surface area contributed by atoms with E-state index in [1.54, 1.807) is 0 Å². The Morgan fingerprint density at radius 1 is 0.567 bits per heavy atom. The Hall–Kier alpha value is -4.92. The van der Waals surface area contributed by atoms with Gasteiger partial charge in [-0.05, 0) is 60.8 Å². The molecule has 0 aliphatic rings. The maximum absolute atomic E-state index is 13.1. The molecule has 334 valence electrons. The lowest BCUT2D eigenvalue weighted by Gasteiger charge is -2.28. The van der Waals surface area contributed by atoms with Crippen molar-refractivity contribution in [1.29, 1.82) is 0 Å². The zero-order valence-electron chi connectivity index (χ0n) is 35.8. The van der Waals surface area contributed by atoms with Crippen molar-refractivity contribution in [2.75, 3.05) is 14.2 Å². The number of halogens is 1. The summed E-state index contributed by atoms with van der Waals surface area (Å²) in [5, 5.41) is 5.44. The Balaban J connectivity index is 0.00000114. The lowest BCUT2D eigenvalue weighted by molar-refractivity contribution is -0.157.